The number of aromatic nitrogens is 2. The minimum atomic E-state index is -3.92. The van der Waals surface area contributed by atoms with E-state index in [1.54, 1.807) is 6.07 Å². The summed E-state index contributed by atoms with van der Waals surface area (Å²) in [6.45, 7) is 3.95. The van der Waals surface area contributed by atoms with Crippen LogP contribution in [0.5, 0.6) is 0 Å². The number of carbonyl (C=O) groups is 1. The lowest BCUT2D eigenvalue weighted by Gasteiger charge is -2.12. The second kappa shape index (κ2) is 6.34. The summed E-state index contributed by atoms with van der Waals surface area (Å²) in [7, 11) is -3.92. The van der Waals surface area contributed by atoms with Crippen molar-refractivity contribution in [2.45, 2.75) is 37.6 Å². The fourth-order valence-electron chi connectivity index (χ4n) is 2.76. The number of aromatic carboxylic acids is 1. The van der Waals surface area contributed by atoms with Crippen molar-refractivity contribution in [3.05, 3.63) is 40.5 Å². The molecule has 1 unspecified atom stereocenters. The van der Waals surface area contributed by atoms with Crippen molar-refractivity contribution in [1.82, 2.24) is 9.78 Å². The van der Waals surface area contributed by atoms with Crippen LogP contribution in [-0.4, -0.2) is 29.3 Å². The van der Waals surface area contributed by atoms with Crippen LogP contribution < -0.4 is 4.72 Å². The maximum absolute atomic E-state index is 12.5. The van der Waals surface area contributed by atoms with E-state index in [1.165, 1.54) is 6.07 Å². The van der Waals surface area contributed by atoms with Gasteiger partial charge in [0, 0.05) is 11.8 Å². The smallest absolute Gasteiger partial charge is 0.337 e. The molecule has 0 bridgehead atoms. The molecule has 0 spiro atoms. The van der Waals surface area contributed by atoms with Gasteiger partial charge in [-0.1, -0.05) is 11.6 Å². The number of rotatable bonds is 6. The van der Waals surface area contributed by atoms with E-state index in [0.717, 1.165) is 30.7 Å². The van der Waals surface area contributed by atoms with Crippen molar-refractivity contribution in [3.8, 4) is 0 Å². The van der Waals surface area contributed by atoms with E-state index < -0.39 is 16.0 Å². The number of sulfonamides is 1. The maximum Gasteiger partial charge on any atom is 0.337 e. The first kappa shape index (κ1) is 17.8. The van der Waals surface area contributed by atoms with E-state index in [-0.39, 0.29) is 27.3 Å². The van der Waals surface area contributed by atoms with Crippen molar-refractivity contribution < 1.29 is 18.3 Å². The molecule has 0 saturated heterocycles. The first-order valence-corrected chi connectivity index (χ1v) is 9.67. The summed E-state index contributed by atoms with van der Waals surface area (Å²) in [6, 6.07) is 5.38. The first-order valence-electron chi connectivity index (χ1n) is 7.81. The predicted octanol–water partition coefficient (Wildman–Crippen LogP) is 3.31. The fraction of sp³-hybridized carbons (Fsp3) is 0.375. The van der Waals surface area contributed by atoms with Gasteiger partial charge in [-0.3, -0.25) is 9.40 Å². The van der Waals surface area contributed by atoms with E-state index in [9.17, 15) is 13.2 Å². The van der Waals surface area contributed by atoms with Gasteiger partial charge in [-0.25, -0.2) is 13.2 Å². The molecular formula is C16H18ClN3O4S. The van der Waals surface area contributed by atoms with Gasteiger partial charge in [0.25, 0.3) is 10.0 Å². The number of carboxylic acid groups (broad SMARTS) is 1. The molecule has 1 aromatic carbocycles. The number of hydrogen-bond acceptors (Lipinski definition) is 4. The van der Waals surface area contributed by atoms with Crippen LogP contribution in [0.1, 0.15) is 41.9 Å². The Bertz CT molecular complexity index is 935. The summed E-state index contributed by atoms with van der Waals surface area (Å²) in [4.78, 5) is 10.9. The van der Waals surface area contributed by atoms with Gasteiger partial charge >= 0.3 is 5.97 Å². The predicted molar refractivity (Wildman–Crippen MR) is 93.6 cm³/mol. The summed E-state index contributed by atoms with van der Waals surface area (Å²) < 4.78 is 29.3. The summed E-state index contributed by atoms with van der Waals surface area (Å²) in [5, 5.41) is 13.2. The van der Waals surface area contributed by atoms with Crippen LogP contribution in [0.15, 0.2) is 29.2 Å². The van der Waals surface area contributed by atoms with Gasteiger partial charge < -0.3 is 5.11 Å². The molecule has 25 heavy (non-hydrogen) atoms. The third kappa shape index (κ3) is 3.64. The molecule has 2 aromatic rings. The molecule has 1 aliphatic carbocycles. The SMILES string of the molecule is Cc1cc(NS(=O)(=O)c2ccc(C(=O)O)c(Cl)c2)nn1C(C)C1CC1. The molecule has 1 aliphatic rings. The zero-order valence-electron chi connectivity index (χ0n) is 13.7. The van der Waals surface area contributed by atoms with E-state index in [4.69, 9.17) is 16.7 Å². The molecule has 134 valence electrons. The summed E-state index contributed by atoms with van der Waals surface area (Å²) in [5.41, 5.74) is 0.718. The Hall–Kier alpha value is -2.06. The number of nitrogens with one attached hydrogen (secondary N) is 1. The molecule has 0 aliphatic heterocycles. The lowest BCUT2D eigenvalue weighted by Crippen LogP contribution is -2.15. The van der Waals surface area contributed by atoms with Crippen molar-refractivity contribution >= 4 is 33.4 Å². The van der Waals surface area contributed by atoms with Crippen molar-refractivity contribution in [1.29, 1.82) is 0 Å². The lowest BCUT2D eigenvalue weighted by molar-refractivity contribution is 0.0697. The number of aryl methyl sites for hydroxylation is 1. The van der Waals surface area contributed by atoms with Crippen LogP contribution in [0, 0.1) is 12.8 Å². The van der Waals surface area contributed by atoms with Crippen LogP contribution in [0.4, 0.5) is 5.82 Å². The minimum absolute atomic E-state index is 0.120. The van der Waals surface area contributed by atoms with Gasteiger partial charge in [0.15, 0.2) is 5.82 Å². The normalized spacial score (nSPS) is 15.8. The summed E-state index contributed by atoms with van der Waals surface area (Å²) >= 11 is 5.85. The highest BCUT2D eigenvalue weighted by Crippen LogP contribution is 2.39. The van der Waals surface area contributed by atoms with E-state index in [2.05, 4.69) is 16.7 Å². The molecule has 0 amide bonds. The molecule has 2 N–H and O–H groups in total. The Morgan fingerprint density at radius 3 is 2.64 bits per heavy atom. The number of halogens is 1. The third-order valence-electron chi connectivity index (χ3n) is 4.33. The molecule has 0 radical (unpaired) electrons. The molecule has 3 rings (SSSR count). The summed E-state index contributed by atoms with van der Waals surface area (Å²) in [6.07, 6.45) is 2.33. The van der Waals surface area contributed by atoms with Gasteiger partial charge in [0.05, 0.1) is 21.5 Å². The highest BCUT2D eigenvalue weighted by atomic mass is 35.5. The number of hydrogen-bond donors (Lipinski definition) is 2. The third-order valence-corrected chi connectivity index (χ3v) is 6.00. The molecule has 1 aromatic heterocycles. The lowest BCUT2D eigenvalue weighted by atomic mass is 10.2. The van der Waals surface area contributed by atoms with Crippen LogP contribution in [0.3, 0.4) is 0 Å². The van der Waals surface area contributed by atoms with E-state index >= 15 is 0 Å². The Morgan fingerprint density at radius 1 is 1.40 bits per heavy atom. The van der Waals surface area contributed by atoms with Gasteiger partial charge in [-0.15, -0.1) is 0 Å². The molecule has 1 atom stereocenters. The number of nitrogens with zero attached hydrogens (tertiary/aromatic N) is 2. The Morgan fingerprint density at radius 2 is 2.08 bits per heavy atom. The Balaban J connectivity index is 1.85. The molecule has 7 nitrogen and oxygen atoms in total. The van der Waals surface area contributed by atoms with Gasteiger partial charge in [-0.05, 0) is 50.8 Å². The van der Waals surface area contributed by atoms with Crippen LogP contribution in [0.2, 0.25) is 5.02 Å². The highest BCUT2D eigenvalue weighted by molar-refractivity contribution is 7.92. The van der Waals surface area contributed by atoms with Crippen molar-refractivity contribution in [3.63, 3.8) is 0 Å². The highest BCUT2D eigenvalue weighted by Gasteiger charge is 2.30. The molecule has 1 saturated carbocycles. The Labute approximate surface area is 150 Å². The molecule has 9 heteroatoms. The standard InChI is InChI=1S/C16H18ClN3O4S/c1-9-7-15(18-20(9)10(2)11-3-4-11)19-25(23,24)12-5-6-13(16(21)22)14(17)8-12/h5-8,10-11H,3-4H2,1-2H3,(H,18,19)(H,21,22). The van der Waals surface area contributed by atoms with Crippen LogP contribution >= 0.6 is 11.6 Å². The number of anilines is 1. The number of benzene rings is 1. The van der Waals surface area contributed by atoms with Crippen molar-refractivity contribution in [2.24, 2.45) is 5.92 Å². The van der Waals surface area contributed by atoms with Crippen LogP contribution in [0.25, 0.3) is 0 Å². The van der Waals surface area contributed by atoms with Crippen molar-refractivity contribution in [2.75, 3.05) is 4.72 Å². The number of carboxylic acids is 1. The topological polar surface area (TPSA) is 101 Å². The van der Waals surface area contributed by atoms with Gasteiger partial charge in [0.1, 0.15) is 0 Å². The average Bonchev–Trinajstić information content (AvgIpc) is 3.30. The maximum atomic E-state index is 12.5. The monoisotopic (exact) mass is 383 g/mol. The first-order chi connectivity index (χ1) is 11.7. The average molecular weight is 384 g/mol. The fourth-order valence-corrected chi connectivity index (χ4v) is 4.10. The Kier molecular flexibility index (Phi) is 4.51. The molecular weight excluding hydrogens is 366 g/mol. The molecule has 1 fully saturated rings. The summed E-state index contributed by atoms with van der Waals surface area (Å²) in [5.74, 6) is -0.404. The minimum Gasteiger partial charge on any atom is -0.478 e. The largest absolute Gasteiger partial charge is 0.478 e. The second-order valence-electron chi connectivity index (χ2n) is 6.25. The zero-order chi connectivity index (χ0) is 18.4. The zero-order valence-corrected chi connectivity index (χ0v) is 15.3. The van der Waals surface area contributed by atoms with Crippen LogP contribution in [-0.2, 0) is 10.0 Å². The van der Waals surface area contributed by atoms with Gasteiger partial charge in [0.2, 0.25) is 0 Å². The van der Waals surface area contributed by atoms with E-state index in [1.807, 2.05) is 11.6 Å². The quantitative estimate of drug-likeness (QED) is 0.796. The second-order valence-corrected chi connectivity index (χ2v) is 8.34. The molecule has 1 heterocycles. The van der Waals surface area contributed by atoms with E-state index in [0.29, 0.717) is 5.92 Å². The van der Waals surface area contributed by atoms with Gasteiger partial charge in [-0.2, -0.15) is 5.10 Å².